The van der Waals surface area contributed by atoms with Gasteiger partial charge >= 0.3 is 0 Å². The molecule has 1 aliphatic rings. The molecule has 0 radical (unpaired) electrons. The number of nitrogens with one attached hydrogen (secondary N) is 1. The molecule has 2 heterocycles. The van der Waals surface area contributed by atoms with Crippen molar-refractivity contribution in [2.45, 2.75) is 39.7 Å². The molecular formula is C20H22N4O2. The number of hydrazone groups is 1. The summed E-state index contributed by atoms with van der Waals surface area (Å²) in [6.07, 6.45) is 3.99. The first-order valence-electron chi connectivity index (χ1n) is 8.64. The van der Waals surface area contributed by atoms with Crippen LogP contribution in [0.15, 0.2) is 47.8 Å². The molecule has 1 aromatic carbocycles. The fraction of sp³-hybridized carbons (Fsp3) is 0.300. The molecule has 6 heteroatoms. The van der Waals surface area contributed by atoms with Crippen LogP contribution in [0.5, 0.6) is 0 Å². The molecule has 1 N–H and O–H groups in total. The molecule has 1 unspecified atom stereocenters. The Bertz CT molecular complexity index is 861. The third kappa shape index (κ3) is 3.79. The Balaban J connectivity index is 1.82. The fourth-order valence-electron chi connectivity index (χ4n) is 2.87. The Kier molecular flexibility index (Phi) is 5.11. The highest BCUT2D eigenvalue weighted by Gasteiger charge is 2.27. The number of pyridine rings is 1. The normalized spacial score (nSPS) is 15.4. The molecule has 0 aliphatic carbocycles. The maximum Gasteiger partial charge on any atom is 0.267 e. The summed E-state index contributed by atoms with van der Waals surface area (Å²) in [4.78, 5) is 29.0. The Morgan fingerprint density at radius 3 is 2.62 bits per heavy atom. The number of aromatic nitrogens is 1. The number of rotatable bonds is 4. The standard InChI is InChI=1S/C20H22N4O2/c1-13-4-5-14(2)18(12-13)24-19(25)7-6-17(23-24)20(26)22-15(3)16-8-10-21-11-9-16/h4-5,8-12,15H,6-7H2,1-3H3,(H,22,26). The van der Waals surface area contributed by atoms with Crippen molar-refractivity contribution in [1.82, 2.24) is 10.3 Å². The molecular weight excluding hydrogens is 328 g/mol. The number of hydrogen-bond donors (Lipinski definition) is 1. The molecule has 1 aromatic heterocycles. The number of anilines is 1. The molecule has 1 aliphatic heterocycles. The van der Waals surface area contributed by atoms with Crippen LogP contribution in [0.2, 0.25) is 0 Å². The van der Waals surface area contributed by atoms with Crippen LogP contribution in [0.25, 0.3) is 0 Å². The molecule has 0 saturated heterocycles. The summed E-state index contributed by atoms with van der Waals surface area (Å²) in [7, 11) is 0. The van der Waals surface area contributed by atoms with Crippen LogP contribution in [0.4, 0.5) is 5.69 Å². The molecule has 1 atom stereocenters. The van der Waals surface area contributed by atoms with Crippen molar-refractivity contribution in [1.29, 1.82) is 0 Å². The smallest absolute Gasteiger partial charge is 0.267 e. The Morgan fingerprint density at radius 2 is 1.88 bits per heavy atom. The van der Waals surface area contributed by atoms with E-state index >= 15 is 0 Å². The molecule has 2 aromatic rings. The first-order chi connectivity index (χ1) is 12.5. The maximum atomic E-state index is 12.6. The number of aryl methyl sites for hydroxylation is 2. The lowest BCUT2D eigenvalue weighted by Gasteiger charge is -2.25. The van der Waals surface area contributed by atoms with Gasteiger partial charge in [-0.3, -0.25) is 14.6 Å². The minimum absolute atomic E-state index is 0.0996. The highest BCUT2D eigenvalue weighted by atomic mass is 16.2. The Labute approximate surface area is 152 Å². The average molecular weight is 350 g/mol. The van der Waals surface area contributed by atoms with Crippen molar-refractivity contribution in [3.05, 3.63) is 59.4 Å². The molecule has 3 rings (SSSR count). The fourth-order valence-corrected chi connectivity index (χ4v) is 2.87. The van der Waals surface area contributed by atoms with E-state index in [4.69, 9.17) is 0 Å². The first-order valence-corrected chi connectivity index (χ1v) is 8.64. The largest absolute Gasteiger partial charge is 0.344 e. The van der Waals surface area contributed by atoms with Gasteiger partial charge in [0.2, 0.25) is 5.91 Å². The minimum atomic E-state index is -0.253. The second-order valence-corrected chi connectivity index (χ2v) is 6.52. The lowest BCUT2D eigenvalue weighted by Crippen LogP contribution is -2.40. The van der Waals surface area contributed by atoms with Crippen molar-refractivity contribution in [3.63, 3.8) is 0 Å². The van der Waals surface area contributed by atoms with Crippen LogP contribution < -0.4 is 10.3 Å². The summed E-state index contributed by atoms with van der Waals surface area (Å²) < 4.78 is 0. The number of carbonyl (C=O) groups is 2. The van der Waals surface area contributed by atoms with Gasteiger partial charge < -0.3 is 5.32 Å². The average Bonchev–Trinajstić information content (AvgIpc) is 2.65. The van der Waals surface area contributed by atoms with Crippen LogP contribution >= 0.6 is 0 Å². The van der Waals surface area contributed by atoms with Crippen molar-refractivity contribution in [2.24, 2.45) is 5.10 Å². The van der Waals surface area contributed by atoms with E-state index in [1.54, 1.807) is 12.4 Å². The molecule has 2 amide bonds. The first kappa shape index (κ1) is 17.8. The van der Waals surface area contributed by atoms with Gasteiger partial charge in [-0.2, -0.15) is 5.10 Å². The monoisotopic (exact) mass is 350 g/mol. The second kappa shape index (κ2) is 7.47. The Hall–Kier alpha value is -3.02. The van der Waals surface area contributed by atoms with E-state index in [-0.39, 0.29) is 24.3 Å². The quantitative estimate of drug-likeness (QED) is 0.921. The van der Waals surface area contributed by atoms with Gasteiger partial charge in [0.25, 0.3) is 5.91 Å². The molecule has 0 bridgehead atoms. The van der Waals surface area contributed by atoms with Gasteiger partial charge in [0.15, 0.2) is 0 Å². The van der Waals surface area contributed by atoms with Gasteiger partial charge in [0, 0.05) is 25.2 Å². The van der Waals surface area contributed by atoms with E-state index in [1.165, 1.54) is 5.01 Å². The van der Waals surface area contributed by atoms with E-state index in [0.29, 0.717) is 12.1 Å². The highest BCUT2D eigenvalue weighted by molar-refractivity contribution is 6.40. The lowest BCUT2D eigenvalue weighted by atomic mass is 10.1. The second-order valence-electron chi connectivity index (χ2n) is 6.52. The third-order valence-corrected chi connectivity index (χ3v) is 4.44. The summed E-state index contributed by atoms with van der Waals surface area (Å²) in [5.74, 6) is -0.352. The molecule has 0 fully saturated rings. The predicted molar refractivity (Wildman–Crippen MR) is 101 cm³/mol. The molecule has 26 heavy (non-hydrogen) atoms. The van der Waals surface area contributed by atoms with Gasteiger partial charge in [-0.1, -0.05) is 12.1 Å². The summed E-state index contributed by atoms with van der Waals surface area (Å²) in [5, 5.41) is 8.66. The molecule has 134 valence electrons. The number of amides is 2. The van der Waals surface area contributed by atoms with Gasteiger partial charge in [0.1, 0.15) is 5.71 Å². The SMILES string of the molecule is Cc1ccc(C)c(N2N=C(C(=O)NC(C)c3ccncc3)CCC2=O)c1. The van der Waals surface area contributed by atoms with E-state index in [1.807, 2.05) is 51.1 Å². The van der Waals surface area contributed by atoms with Crippen LogP contribution in [-0.4, -0.2) is 22.5 Å². The van der Waals surface area contributed by atoms with E-state index in [2.05, 4.69) is 15.4 Å². The predicted octanol–water partition coefficient (Wildman–Crippen LogP) is 3.06. The van der Waals surface area contributed by atoms with Gasteiger partial charge in [-0.25, -0.2) is 5.01 Å². The zero-order chi connectivity index (χ0) is 18.7. The number of carbonyl (C=O) groups excluding carboxylic acids is 2. The van der Waals surface area contributed by atoms with E-state index in [0.717, 1.165) is 22.4 Å². The van der Waals surface area contributed by atoms with Gasteiger partial charge in [0.05, 0.1) is 11.7 Å². The minimum Gasteiger partial charge on any atom is -0.344 e. The van der Waals surface area contributed by atoms with Crippen LogP contribution in [0.3, 0.4) is 0 Å². The van der Waals surface area contributed by atoms with Gasteiger partial charge in [-0.05, 0) is 55.7 Å². The summed E-state index contributed by atoms with van der Waals surface area (Å²) in [6.45, 7) is 5.80. The van der Waals surface area contributed by atoms with Crippen LogP contribution in [0, 0.1) is 13.8 Å². The van der Waals surface area contributed by atoms with Crippen molar-refractivity contribution < 1.29 is 9.59 Å². The maximum absolute atomic E-state index is 12.6. The molecule has 6 nitrogen and oxygen atoms in total. The number of benzene rings is 1. The van der Waals surface area contributed by atoms with E-state index < -0.39 is 0 Å². The number of hydrogen-bond acceptors (Lipinski definition) is 4. The lowest BCUT2D eigenvalue weighted by molar-refractivity contribution is -0.119. The summed E-state index contributed by atoms with van der Waals surface area (Å²) >= 11 is 0. The third-order valence-electron chi connectivity index (χ3n) is 4.44. The zero-order valence-corrected chi connectivity index (χ0v) is 15.2. The van der Waals surface area contributed by atoms with E-state index in [9.17, 15) is 9.59 Å². The summed E-state index contributed by atoms with van der Waals surface area (Å²) in [5.41, 5.74) is 4.04. The summed E-state index contributed by atoms with van der Waals surface area (Å²) in [6, 6.07) is 9.41. The highest BCUT2D eigenvalue weighted by Crippen LogP contribution is 2.25. The van der Waals surface area contributed by atoms with Crippen LogP contribution in [-0.2, 0) is 9.59 Å². The van der Waals surface area contributed by atoms with Gasteiger partial charge in [-0.15, -0.1) is 0 Å². The van der Waals surface area contributed by atoms with Crippen molar-refractivity contribution >= 4 is 23.2 Å². The van der Waals surface area contributed by atoms with Crippen LogP contribution in [0.1, 0.15) is 42.5 Å². The Morgan fingerprint density at radius 1 is 1.15 bits per heavy atom. The van der Waals surface area contributed by atoms with Crippen molar-refractivity contribution in [2.75, 3.05) is 5.01 Å². The zero-order valence-electron chi connectivity index (χ0n) is 15.2. The molecule has 0 saturated carbocycles. The van der Waals surface area contributed by atoms with Crippen molar-refractivity contribution in [3.8, 4) is 0 Å². The molecule has 0 spiro atoms. The topological polar surface area (TPSA) is 74.7 Å². The number of nitrogens with zero attached hydrogens (tertiary/aromatic N) is 3.